The van der Waals surface area contributed by atoms with Crippen LogP contribution in [0.15, 0.2) is 4.99 Å². The van der Waals surface area contributed by atoms with Gasteiger partial charge in [0.15, 0.2) is 21.6 Å². The van der Waals surface area contributed by atoms with E-state index in [1.165, 1.54) is 0 Å². The molecule has 10 heteroatoms. The van der Waals surface area contributed by atoms with Crippen molar-refractivity contribution < 1.29 is 13.2 Å². The summed E-state index contributed by atoms with van der Waals surface area (Å²) < 4.78 is 30.1. The predicted octanol–water partition coefficient (Wildman–Crippen LogP) is -0.271. The Balaban J connectivity index is 1.95. The third-order valence-electron chi connectivity index (χ3n) is 3.97. The van der Waals surface area contributed by atoms with E-state index in [0.717, 1.165) is 18.7 Å². The fourth-order valence-electron chi connectivity index (χ4n) is 2.62. The minimum atomic E-state index is -3.00. The summed E-state index contributed by atoms with van der Waals surface area (Å²) in [5.74, 6) is 2.52. The first-order valence-corrected chi connectivity index (χ1v) is 10.5. The molecule has 0 saturated heterocycles. The van der Waals surface area contributed by atoms with E-state index < -0.39 is 9.84 Å². The molecule has 0 bridgehead atoms. The van der Waals surface area contributed by atoms with E-state index in [2.05, 4.69) is 25.7 Å². The van der Waals surface area contributed by atoms with E-state index in [4.69, 9.17) is 4.74 Å². The molecule has 1 aliphatic heterocycles. The lowest BCUT2D eigenvalue weighted by Gasteiger charge is -2.25. The molecular formula is C15H28N6O3S. The summed E-state index contributed by atoms with van der Waals surface area (Å²) in [6, 6.07) is 0.171. The maximum atomic E-state index is 11.6. The number of guanidine groups is 1. The number of aromatic nitrogens is 3. The minimum absolute atomic E-state index is 0.0678. The molecule has 0 aromatic carbocycles. The number of methoxy groups -OCH3 is 1. The number of nitrogens with one attached hydrogen (secondary N) is 2. The molecule has 0 radical (unpaired) electrons. The highest BCUT2D eigenvalue weighted by atomic mass is 32.2. The number of hydrogen-bond donors (Lipinski definition) is 2. The van der Waals surface area contributed by atoms with Gasteiger partial charge in [0.2, 0.25) is 0 Å². The lowest BCUT2D eigenvalue weighted by Crippen LogP contribution is -2.47. The average molecular weight is 372 g/mol. The Morgan fingerprint density at radius 2 is 2.24 bits per heavy atom. The molecule has 2 N–H and O–H groups in total. The molecule has 25 heavy (non-hydrogen) atoms. The number of nitrogens with zero attached hydrogens (tertiary/aromatic N) is 4. The van der Waals surface area contributed by atoms with E-state index in [-0.39, 0.29) is 24.1 Å². The number of hydrogen-bond acceptors (Lipinski definition) is 6. The molecule has 2 heterocycles. The molecule has 1 aromatic rings. The van der Waals surface area contributed by atoms with Crippen LogP contribution in [0.25, 0.3) is 0 Å². The zero-order chi connectivity index (χ0) is 18.3. The zero-order valence-corrected chi connectivity index (χ0v) is 16.0. The van der Waals surface area contributed by atoms with Gasteiger partial charge in [0, 0.05) is 31.9 Å². The molecule has 0 saturated carbocycles. The molecule has 0 fully saturated rings. The Morgan fingerprint density at radius 1 is 1.44 bits per heavy atom. The van der Waals surface area contributed by atoms with Gasteiger partial charge >= 0.3 is 0 Å². The highest BCUT2D eigenvalue weighted by Crippen LogP contribution is 2.13. The van der Waals surface area contributed by atoms with Gasteiger partial charge in [-0.3, -0.25) is 4.99 Å². The van der Waals surface area contributed by atoms with Crippen LogP contribution in [0.4, 0.5) is 0 Å². The van der Waals surface area contributed by atoms with E-state index in [1.807, 2.05) is 11.6 Å². The molecule has 1 aliphatic rings. The SMILES string of the molecule is CCNC(=NCCS(=O)(=O)CC)NC1CCc2nc(COC)nn2C1. The number of fused-ring (bicyclic) bond motifs is 1. The van der Waals surface area contributed by atoms with E-state index in [9.17, 15) is 8.42 Å². The standard InChI is InChI=1S/C15H28N6O3S/c1-4-16-15(17-8-9-25(22,23)5-2)18-12-6-7-14-19-13(11-24-3)20-21(14)10-12/h12H,4-11H2,1-3H3,(H2,16,17,18). The number of sulfone groups is 1. The number of ether oxygens (including phenoxy) is 1. The van der Waals surface area contributed by atoms with Crippen molar-refractivity contribution in [3.63, 3.8) is 0 Å². The quantitative estimate of drug-likeness (QED) is 0.477. The van der Waals surface area contributed by atoms with E-state index in [1.54, 1.807) is 14.0 Å². The minimum Gasteiger partial charge on any atom is -0.377 e. The van der Waals surface area contributed by atoms with Crippen molar-refractivity contribution in [2.45, 2.75) is 45.9 Å². The van der Waals surface area contributed by atoms with Crippen LogP contribution in [-0.4, -0.2) is 66.9 Å². The monoisotopic (exact) mass is 372 g/mol. The molecular weight excluding hydrogens is 344 g/mol. The second kappa shape index (κ2) is 9.14. The summed E-state index contributed by atoms with van der Waals surface area (Å²) in [6.45, 7) is 5.71. The fourth-order valence-corrected chi connectivity index (χ4v) is 3.28. The Hall–Kier alpha value is -1.68. The van der Waals surface area contributed by atoms with Gasteiger partial charge in [-0.15, -0.1) is 0 Å². The lowest BCUT2D eigenvalue weighted by atomic mass is 10.1. The van der Waals surface area contributed by atoms with Gasteiger partial charge in [-0.2, -0.15) is 5.10 Å². The van der Waals surface area contributed by atoms with Crippen LogP contribution in [0.5, 0.6) is 0 Å². The summed E-state index contributed by atoms with van der Waals surface area (Å²) in [5, 5.41) is 11.0. The number of aryl methyl sites for hydroxylation is 1. The smallest absolute Gasteiger partial charge is 0.191 e. The number of aliphatic imine (C=N–C) groups is 1. The van der Waals surface area contributed by atoms with Crippen molar-refractivity contribution in [2.75, 3.05) is 31.7 Å². The Kier molecular flexibility index (Phi) is 7.18. The maximum absolute atomic E-state index is 11.6. The second-order valence-electron chi connectivity index (χ2n) is 5.94. The molecule has 142 valence electrons. The van der Waals surface area contributed by atoms with Crippen LogP contribution >= 0.6 is 0 Å². The highest BCUT2D eigenvalue weighted by Gasteiger charge is 2.22. The molecule has 1 atom stereocenters. The Bertz CT molecular complexity index is 685. The van der Waals surface area contributed by atoms with Crippen molar-refractivity contribution in [2.24, 2.45) is 4.99 Å². The van der Waals surface area contributed by atoms with E-state index >= 15 is 0 Å². The normalized spacial score (nSPS) is 18.0. The first-order chi connectivity index (χ1) is 12.0. The molecule has 0 amide bonds. The second-order valence-corrected chi connectivity index (χ2v) is 8.41. The van der Waals surface area contributed by atoms with Crippen molar-refractivity contribution in [1.82, 2.24) is 25.4 Å². The molecule has 9 nitrogen and oxygen atoms in total. The summed E-state index contributed by atoms with van der Waals surface area (Å²) in [5.41, 5.74) is 0. The summed E-state index contributed by atoms with van der Waals surface area (Å²) >= 11 is 0. The van der Waals surface area contributed by atoms with Gasteiger partial charge in [0.1, 0.15) is 12.4 Å². The molecule has 0 aliphatic carbocycles. The largest absolute Gasteiger partial charge is 0.377 e. The molecule has 1 aromatic heterocycles. The van der Waals surface area contributed by atoms with Crippen molar-refractivity contribution in [3.05, 3.63) is 11.6 Å². The van der Waals surface area contributed by atoms with Crippen molar-refractivity contribution >= 4 is 15.8 Å². The van der Waals surface area contributed by atoms with Gasteiger partial charge in [0.25, 0.3) is 0 Å². The first kappa shape index (κ1) is 19.6. The van der Waals surface area contributed by atoms with E-state index in [0.29, 0.717) is 31.5 Å². The molecule has 2 rings (SSSR count). The first-order valence-electron chi connectivity index (χ1n) is 8.64. The Labute approximate surface area is 149 Å². The topological polar surface area (TPSA) is 110 Å². The van der Waals surface area contributed by atoms with Crippen LogP contribution < -0.4 is 10.6 Å². The van der Waals surface area contributed by atoms with Gasteiger partial charge in [-0.05, 0) is 13.3 Å². The van der Waals surface area contributed by atoms with Crippen LogP contribution in [-0.2, 0) is 34.1 Å². The fraction of sp³-hybridized carbons (Fsp3) is 0.800. The predicted molar refractivity (Wildman–Crippen MR) is 96.3 cm³/mol. The summed E-state index contributed by atoms with van der Waals surface area (Å²) in [4.78, 5) is 8.84. The summed E-state index contributed by atoms with van der Waals surface area (Å²) in [6.07, 6.45) is 1.75. The van der Waals surface area contributed by atoms with Gasteiger partial charge < -0.3 is 15.4 Å². The molecule has 1 unspecified atom stereocenters. The van der Waals surface area contributed by atoms with Crippen LogP contribution in [0.2, 0.25) is 0 Å². The zero-order valence-electron chi connectivity index (χ0n) is 15.2. The highest BCUT2D eigenvalue weighted by molar-refractivity contribution is 7.91. The molecule has 0 spiro atoms. The third kappa shape index (κ3) is 5.96. The van der Waals surface area contributed by atoms with Gasteiger partial charge in [-0.1, -0.05) is 6.92 Å². The lowest BCUT2D eigenvalue weighted by molar-refractivity contribution is 0.177. The van der Waals surface area contributed by atoms with Crippen molar-refractivity contribution in [1.29, 1.82) is 0 Å². The van der Waals surface area contributed by atoms with Crippen LogP contribution in [0.3, 0.4) is 0 Å². The van der Waals surface area contributed by atoms with Crippen LogP contribution in [0, 0.1) is 0 Å². The van der Waals surface area contributed by atoms with Crippen molar-refractivity contribution in [3.8, 4) is 0 Å². The maximum Gasteiger partial charge on any atom is 0.191 e. The number of rotatable bonds is 8. The summed E-state index contributed by atoms with van der Waals surface area (Å²) in [7, 11) is -1.38. The Morgan fingerprint density at radius 3 is 2.92 bits per heavy atom. The average Bonchev–Trinajstić information content (AvgIpc) is 2.97. The third-order valence-corrected chi connectivity index (χ3v) is 5.66. The van der Waals surface area contributed by atoms with Crippen LogP contribution in [0.1, 0.15) is 31.9 Å². The van der Waals surface area contributed by atoms with Gasteiger partial charge in [0.05, 0.1) is 18.8 Å². The van der Waals surface area contributed by atoms with Gasteiger partial charge in [-0.25, -0.2) is 18.1 Å².